The molecule has 2 aliphatic heterocycles. The third-order valence-corrected chi connectivity index (χ3v) is 8.51. The zero-order valence-corrected chi connectivity index (χ0v) is 25.0. The molecule has 228 valence electrons. The molecule has 4 N–H and O–H groups in total. The zero-order valence-electron chi connectivity index (χ0n) is 25.0. The summed E-state index contributed by atoms with van der Waals surface area (Å²) in [7, 11) is 0. The molecule has 2 heterocycles. The van der Waals surface area contributed by atoms with Crippen LogP contribution in [0.3, 0.4) is 0 Å². The number of aliphatic hydroxyl groups is 4. The largest absolute Gasteiger partial charge is 0.456 e. The summed E-state index contributed by atoms with van der Waals surface area (Å²) in [5, 5.41) is 45.9. The van der Waals surface area contributed by atoms with Crippen LogP contribution in [0.4, 0.5) is 11.4 Å². The summed E-state index contributed by atoms with van der Waals surface area (Å²) in [6.07, 6.45) is -3.90. The van der Waals surface area contributed by atoms with Crippen LogP contribution in [0.15, 0.2) is 65.8 Å². The monoisotopic (exact) mass is 588 g/mol. The van der Waals surface area contributed by atoms with Gasteiger partial charge in [0, 0.05) is 71.9 Å². The van der Waals surface area contributed by atoms with Crippen molar-refractivity contribution in [2.75, 3.05) is 42.6 Å². The van der Waals surface area contributed by atoms with Gasteiger partial charge in [-0.1, -0.05) is 30.3 Å². The number of hydrogen-bond acceptors (Lipinski definition) is 9. The van der Waals surface area contributed by atoms with Crippen molar-refractivity contribution in [1.29, 1.82) is 0 Å². The molecule has 0 saturated carbocycles. The van der Waals surface area contributed by atoms with Gasteiger partial charge in [-0.25, -0.2) is 5.01 Å². The molecular formula is C33H40N4O6. The lowest BCUT2D eigenvalue weighted by Gasteiger charge is -2.42. The van der Waals surface area contributed by atoms with Gasteiger partial charge in [0.1, 0.15) is 35.3 Å². The normalized spacial score (nSPS) is 16.8. The summed E-state index contributed by atoms with van der Waals surface area (Å²) in [6.45, 7) is 10.8. The summed E-state index contributed by atoms with van der Waals surface area (Å²) < 4.78 is 6.64. The van der Waals surface area contributed by atoms with Crippen molar-refractivity contribution in [3.05, 3.63) is 82.9 Å². The van der Waals surface area contributed by atoms with Crippen molar-refractivity contribution < 1.29 is 30.0 Å². The number of ether oxygens (including phenoxy) is 1. The quantitative estimate of drug-likeness (QED) is 0.251. The number of amides is 1. The van der Waals surface area contributed by atoms with E-state index in [4.69, 9.17) is 4.74 Å². The fourth-order valence-electron chi connectivity index (χ4n) is 6.20. The SMILES string of the molecule is CCN(CC)c1ccc2c(c1)Oc1cc(N(CC)CC)ccc1C21c2ccccc2C(=O)N1/N=C/[C@H](O)[C@@H](O)[C@H](O)CO. The molecule has 0 aliphatic carbocycles. The van der Waals surface area contributed by atoms with Crippen molar-refractivity contribution in [2.45, 2.75) is 51.5 Å². The Hall–Kier alpha value is -3.96. The minimum absolute atomic E-state index is 0.393. The Morgan fingerprint density at radius 1 is 0.837 bits per heavy atom. The van der Waals surface area contributed by atoms with Gasteiger partial charge in [0.15, 0.2) is 0 Å². The maximum Gasteiger partial charge on any atom is 0.275 e. The van der Waals surface area contributed by atoms with E-state index in [0.717, 1.165) is 43.8 Å². The van der Waals surface area contributed by atoms with Crippen molar-refractivity contribution in [3.8, 4) is 11.5 Å². The second kappa shape index (κ2) is 12.3. The van der Waals surface area contributed by atoms with E-state index < -0.39 is 36.4 Å². The number of rotatable bonds is 11. The first-order valence-corrected chi connectivity index (χ1v) is 14.9. The molecule has 0 unspecified atom stereocenters. The fourth-order valence-corrected chi connectivity index (χ4v) is 6.20. The summed E-state index contributed by atoms with van der Waals surface area (Å²) in [4.78, 5) is 18.5. The highest BCUT2D eigenvalue weighted by atomic mass is 16.5. The molecule has 1 spiro atoms. The maximum atomic E-state index is 14.1. The third-order valence-electron chi connectivity index (χ3n) is 8.51. The van der Waals surface area contributed by atoms with Crippen LogP contribution in [0.1, 0.15) is 54.7 Å². The molecule has 2 aliphatic rings. The van der Waals surface area contributed by atoms with E-state index in [0.29, 0.717) is 33.8 Å². The highest BCUT2D eigenvalue weighted by Gasteiger charge is 2.57. The highest BCUT2D eigenvalue weighted by molar-refractivity contribution is 6.02. The molecule has 0 bridgehead atoms. The number of hydrogen-bond donors (Lipinski definition) is 4. The van der Waals surface area contributed by atoms with Crippen LogP contribution in [-0.4, -0.2) is 88.7 Å². The Labute approximate surface area is 252 Å². The molecule has 3 atom stereocenters. The lowest BCUT2D eigenvalue weighted by atomic mass is 9.75. The first-order chi connectivity index (χ1) is 20.8. The van der Waals surface area contributed by atoms with E-state index in [1.807, 2.05) is 48.5 Å². The number of carbonyl (C=O) groups excluding carboxylic acids is 1. The van der Waals surface area contributed by atoms with Crippen LogP contribution in [-0.2, 0) is 5.54 Å². The van der Waals surface area contributed by atoms with Gasteiger partial charge in [-0.2, -0.15) is 5.10 Å². The number of nitrogens with zero attached hydrogens (tertiary/aromatic N) is 4. The average molecular weight is 589 g/mol. The molecule has 0 aromatic heterocycles. The van der Waals surface area contributed by atoms with Crippen LogP contribution in [0.2, 0.25) is 0 Å². The van der Waals surface area contributed by atoms with Gasteiger partial charge in [-0.15, -0.1) is 0 Å². The van der Waals surface area contributed by atoms with Crippen molar-refractivity contribution in [1.82, 2.24) is 5.01 Å². The summed E-state index contributed by atoms with van der Waals surface area (Å²) >= 11 is 0. The van der Waals surface area contributed by atoms with E-state index in [-0.39, 0.29) is 0 Å². The van der Waals surface area contributed by atoms with Gasteiger partial charge >= 0.3 is 0 Å². The minimum atomic E-state index is -1.70. The fraction of sp³-hybridized carbons (Fsp3) is 0.394. The Morgan fingerprint density at radius 2 is 1.37 bits per heavy atom. The van der Waals surface area contributed by atoms with Crippen molar-refractivity contribution >= 4 is 23.5 Å². The van der Waals surface area contributed by atoms with E-state index in [1.165, 1.54) is 5.01 Å². The molecule has 10 heteroatoms. The van der Waals surface area contributed by atoms with Crippen LogP contribution in [0.25, 0.3) is 0 Å². The first-order valence-electron chi connectivity index (χ1n) is 14.9. The van der Waals surface area contributed by atoms with Crippen molar-refractivity contribution in [2.24, 2.45) is 5.10 Å². The Balaban J connectivity index is 1.78. The smallest absolute Gasteiger partial charge is 0.275 e. The number of aliphatic hydroxyl groups excluding tert-OH is 4. The van der Waals surface area contributed by atoms with E-state index in [2.05, 4.69) is 42.6 Å². The standard InChI is InChI=1S/C33H40N4O6/c1-5-35(6-2)21-13-15-25-29(17-21)43-30-18-22(36(7-3)8-4)14-16-26(30)33(25)24-12-10-9-11-23(24)32(42)37(33)34-19-27(39)31(41)28(40)20-38/h9-19,27-28,31,38-41H,5-8,20H2,1-4H3/b34-19+/t27-,28+,31+/m0/s1. The van der Waals surface area contributed by atoms with E-state index >= 15 is 0 Å². The van der Waals surface area contributed by atoms with Gasteiger partial charge in [0.05, 0.1) is 12.8 Å². The molecule has 3 aromatic carbocycles. The predicted molar refractivity (Wildman–Crippen MR) is 166 cm³/mol. The second-order valence-electron chi connectivity index (χ2n) is 10.7. The maximum absolute atomic E-state index is 14.1. The molecule has 43 heavy (non-hydrogen) atoms. The molecule has 10 nitrogen and oxygen atoms in total. The Kier molecular flexibility index (Phi) is 8.75. The lowest BCUT2D eigenvalue weighted by molar-refractivity contribution is -0.0545. The van der Waals surface area contributed by atoms with Gasteiger partial charge < -0.3 is 35.0 Å². The number of benzene rings is 3. The Bertz CT molecular complexity index is 1440. The van der Waals surface area contributed by atoms with Crippen molar-refractivity contribution in [3.63, 3.8) is 0 Å². The van der Waals surface area contributed by atoms with Gasteiger partial charge in [-0.3, -0.25) is 4.79 Å². The minimum Gasteiger partial charge on any atom is -0.456 e. The number of anilines is 2. The molecule has 5 rings (SSSR count). The molecular weight excluding hydrogens is 548 g/mol. The third kappa shape index (κ3) is 4.94. The number of hydrazone groups is 1. The number of carbonyl (C=O) groups is 1. The molecule has 3 aromatic rings. The zero-order chi connectivity index (χ0) is 30.9. The van der Waals surface area contributed by atoms with Crippen LogP contribution < -0.4 is 14.5 Å². The number of fused-ring (bicyclic) bond motifs is 6. The molecule has 0 saturated heterocycles. The first kappa shape index (κ1) is 30.5. The highest BCUT2D eigenvalue weighted by Crippen LogP contribution is 2.58. The van der Waals surface area contributed by atoms with Crippen LogP contribution in [0, 0.1) is 0 Å². The van der Waals surface area contributed by atoms with Gasteiger partial charge in [0.25, 0.3) is 5.91 Å². The Morgan fingerprint density at radius 3 is 1.88 bits per heavy atom. The second-order valence-corrected chi connectivity index (χ2v) is 10.7. The molecule has 1 amide bonds. The van der Waals surface area contributed by atoms with Gasteiger partial charge in [-0.05, 0) is 45.9 Å². The lowest BCUT2D eigenvalue weighted by Crippen LogP contribution is -2.46. The summed E-state index contributed by atoms with van der Waals surface area (Å²) in [5.74, 6) is 0.764. The van der Waals surface area contributed by atoms with Crippen LogP contribution in [0.5, 0.6) is 11.5 Å². The summed E-state index contributed by atoms with van der Waals surface area (Å²) in [6, 6.07) is 19.2. The van der Waals surface area contributed by atoms with E-state index in [1.54, 1.807) is 12.1 Å². The molecule has 0 radical (unpaired) electrons. The predicted octanol–water partition coefficient (Wildman–Crippen LogP) is 3.29. The van der Waals surface area contributed by atoms with Crippen LogP contribution >= 0.6 is 0 Å². The van der Waals surface area contributed by atoms with Gasteiger partial charge in [0.2, 0.25) is 0 Å². The topological polar surface area (TPSA) is 129 Å². The average Bonchev–Trinajstić information content (AvgIpc) is 3.28. The molecule has 0 fully saturated rings. The van der Waals surface area contributed by atoms with E-state index in [9.17, 15) is 25.2 Å². The summed E-state index contributed by atoms with van der Waals surface area (Å²) in [5.41, 5.74) is 3.26.